The number of imidazole rings is 1. The molecular formula is C11H16N4O2. The smallest absolute Gasteiger partial charge is 0.328 e. The largest absolute Gasteiger partial charge is 0.332 e. The summed E-state index contributed by atoms with van der Waals surface area (Å²) in [5.74, 6) is 0.315. The minimum Gasteiger partial charge on any atom is -0.328 e. The highest BCUT2D eigenvalue weighted by molar-refractivity contribution is 5.69. The molecule has 0 fully saturated rings. The Morgan fingerprint density at radius 3 is 2.53 bits per heavy atom. The summed E-state index contributed by atoms with van der Waals surface area (Å²) in [4.78, 5) is 28.1. The molecule has 0 radical (unpaired) electrons. The molecule has 0 amide bonds. The Bertz CT molecular complexity index is 675. The van der Waals surface area contributed by atoms with Crippen molar-refractivity contribution in [1.82, 2.24) is 18.7 Å². The van der Waals surface area contributed by atoms with Crippen LogP contribution in [0.15, 0.2) is 15.9 Å². The number of aromatic nitrogens is 4. The quantitative estimate of drug-likeness (QED) is 0.695. The van der Waals surface area contributed by atoms with Gasteiger partial charge in [0.25, 0.3) is 5.56 Å². The second-order valence-electron chi connectivity index (χ2n) is 4.68. The van der Waals surface area contributed by atoms with Crippen molar-refractivity contribution in [1.29, 1.82) is 0 Å². The lowest BCUT2D eigenvalue weighted by Gasteiger charge is -2.11. The molecule has 6 heteroatoms. The normalized spacial score (nSPS) is 11.6. The van der Waals surface area contributed by atoms with Crippen molar-refractivity contribution in [2.75, 3.05) is 0 Å². The molecule has 0 saturated heterocycles. The molecule has 0 saturated carbocycles. The topological polar surface area (TPSA) is 61.8 Å². The van der Waals surface area contributed by atoms with Crippen LogP contribution in [-0.2, 0) is 20.6 Å². The van der Waals surface area contributed by atoms with Crippen molar-refractivity contribution in [3.63, 3.8) is 0 Å². The highest BCUT2D eigenvalue weighted by Gasteiger charge is 2.15. The fraction of sp³-hybridized carbons (Fsp3) is 0.545. The van der Waals surface area contributed by atoms with Crippen LogP contribution >= 0.6 is 0 Å². The Balaban J connectivity index is 2.92. The first-order chi connectivity index (χ1) is 7.93. The Morgan fingerprint density at radius 2 is 1.94 bits per heavy atom. The van der Waals surface area contributed by atoms with E-state index in [1.54, 1.807) is 22.5 Å². The second kappa shape index (κ2) is 3.87. The van der Waals surface area contributed by atoms with Crippen molar-refractivity contribution in [3.05, 3.63) is 27.2 Å². The van der Waals surface area contributed by atoms with E-state index in [4.69, 9.17) is 0 Å². The third-order valence-corrected chi connectivity index (χ3v) is 2.75. The third kappa shape index (κ3) is 1.69. The number of aryl methyl sites for hydroxylation is 1. The first-order valence-electron chi connectivity index (χ1n) is 5.54. The SMILES string of the molecule is CC(C)Cn1c(=O)n(C)c(=O)c2c1ncn2[13CH3]. The Morgan fingerprint density at radius 1 is 1.29 bits per heavy atom. The van der Waals surface area contributed by atoms with E-state index in [0.29, 0.717) is 23.6 Å². The molecule has 2 heterocycles. The lowest BCUT2D eigenvalue weighted by Crippen LogP contribution is -2.39. The van der Waals surface area contributed by atoms with Gasteiger partial charge in [0.1, 0.15) is 0 Å². The fourth-order valence-electron chi connectivity index (χ4n) is 1.91. The van der Waals surface area contributed by atoms with Gasteiger partial charge in [-0.05, 0) is 5.92 Å². The average Bonchev–Trinajstić information content (AvgIpc) is 2.63. The summed E-state index contributed by atoms with van der Waals surface area (Å²) in [6, 6.07) is 0. The zero-order valence-corrected chi connectivity index (χ0v) is 10.5. The van der Waals surface area contributed by atoms with Crippen LogP contribution in [0.4, 0.5) is 0 Å². The third-order valence-electron chi connectivity index (χ3n) is 2.75. The van der Waals surface area contributed by atoms with Crippen LogP contribution in [0.3, 0.4) is 0 Å². The van der Waals surface area contributed by atoms with Gasteiger partial charge in [-0.1, -0.05) is 13.8 Å². The van der Waals surface area contributed by atoms with Crippen molar-refractivity contribution < 1.29 is 0 Å². The molecule has 0 atom stereocenters. The first kappa shape index (κ1) is 11.6. The van der Waals surface area contributed by atoms with Crippen molar-refractivity contribution in [3.8, 4) is 0 Å². The first-order valence-corrected chi connectivity index (χ1v) is 5.54. The van der Waals surface area contributed by atoms with Gasteiger partial charge in [0.2, 0.25) is 0 Å². The van der Waals surface area contributed by atoms with Crippen LogP contribution in [0.2, 0.25) is 0 Å². The summed E-state index contributed by atoms with van der Waals surface area (Å²) in [6.45, 7) is 4.60. The molecule has 0 bridgehead atoms. The maximum Gasteiger partial charge on any atom is 0.332 e. The van der Waals surface area contributed by atoms with Gasteiger partial charge >= 0.3 is 5.69 Å². The molecule has 0 aromatic carbocycles. The molecule has 2 rings (SSSR count). The summed E-state index contributed by atoms with van der Waals surface area (Å²) in [5.41, 5.74) is 0.321. The number of rotatable bonds is 2. The van der Waals surface area contributed by atoms with Gasteiger partial charge in [-0.15, -0.1) is 0 Å². The predicted octanol–water partition coefficient (Wildman–Crippen LogP) is 0.0897. The molecule has 0 unspecified atom stereocenters. The van der Waals surface area contributed by atoms with Gasteiger partial charge in [0, 0.05) is 20.6 Å². The van der Waals surface area contributed by atoms with Crippen LogP contribution in [0, 0.1) is 5.92 Å². The highest BCUT2D eigenvalue weighted by Crippen LogP contribution is 2.06. The van der Waals surface area contributed by atoms with Crippen molar-refractivity contribution >= 4 is 11.2 Å². The van der Waals surface area contributed by atoms with Crippen molar-refractivity contribution in [2.45, 2.75) is 20.4 Å². The zero-order chi connectivity index (χ0) is 12.7. The number of nitrogens with zero attached hydrogens (tertiary/aromatic N) is 4. The van der Waals surface area contributed by atoms with Crippen LogP contribution in [-0.4, -0.2) is 18.7 Å². The summed E-state index contributed by atoms with van der Waals surface area (Å²) in [5, 5.41) is 0. The summed E-state index contributed by atoms with van der Waals surface area (Å²) in [7, 11) is 3.24. The van der Waals surface area contributed by atoms with Gasteiger partial charge in [-0.3, -0.25) is 13.9 Å². The standard InChI is InChI=1S/C11H16N4O2/c1-7(2)5-15-9-8(13(3)6-12-9)10(16)14(4)11(15)17/h6-7H,5H2,1-4H3/i3+1. The monoisotopic (exact) mass is 237 g/mol. The van der Waals surface area contributed by atoms with Gasteiger partial charge in [-0.25, -0.2) is 9.78 Å². The minimum atomic E-state index is -0.310. The number of fused-ring (bicyclic) bond motifs is 1. The maximum atomic E-state index is 12.0. The minimum absolute atomic E-state index is 0.301. The predicted molar refractivity (Wildman–Crippen MR) is 65.1 cm³/mol. The molecule has 0 spiro atoms. The maximum absolute atomic E-state index is 12.0. The molecule has 6 nitrogen and oxygen atoms in total. The van der Waals surface area contributed by atoms with Crippen LogP contribution in [0.5, 0.6) is 0 Å². The molecule has 0 aliphatic carbocycles. The molecule has 92 valence electrons. The van der Waals surface area contributed by atoms with E-state index in [2.05, 4.69) is 4.98 Å². The van der Waals surface area contributed by atoms with E-state index in [9.17, 15) is 9.59 Å². The lowest BCUT2D eigenvalue weighted by molar-refractivity contribution is 0.500. The molecule has 0 N–H and O–H groups in total. The van der Waals surface area contributed by atoms with Gasteiger partial charge in [0.15, 0.2) is 11.2 Å². The van der Waals surface area contributed by atoms with E-state index >= 15 is 0 Å². The molecule has 0 aliphatic rings. The van der Waals surface area contributed by atoms with E-state index in [1.807, 2.05) is 13.8 Å². The molecule has 2 aromatic rings. The molecule has 2 aromatic heterocycles. The number of hydrogen-bond acceptors (Lipinski definition) is 3. The van der Waals surface area contributed by atoms with Gasteiger partial charge in [0.05, 0.1) is 6.33 Å². The van der Waals surface area contributed by atoms with Crippen LogP contribution in [0.1, 0.15) is 13.8 Å². The number of hydrogen-bond donors (Lipinski definition) is 0. The van der Waals surface area contributed by atoms with E-state index in [1.165, 1.54) is 7.05 Å². The molecular weight excluding hydrogens is 221 g/mol. The average molecular weight is 237 g/mol. The summed E-state index contributed by atoms with van der Waals surface area (Å²) >= 11 is 0. The van der Waals surface area contributed by atoms with Crippen molar-refractivity contribution in [2.24, 2.45) is 20.0 Å². The summed E-state index contributed by atoms with van der Waals surface area (Å²) < 4.78 is 4.34. The van der Waals surface area contributed by atoms with E-state index in [0.717, 1.165) is 4.57 Å². The van der Waals surface area contributed by atoms with Gasteiger partial charge in [-0.2, -0.15) is 0 Å². The second-order valence-corrected chi connectivity index (χ2v) is 4.68. The fourth-order valence-corrected chi connectivity index (χ4v) is 1.91. The van der Waals surface area contributed by atoms with E-state index in [-0.39, 0.29) is 11.2 Å². The molecule has 17 heavy (non-hydrogen) atoms. The Hall–Kier alpha value is -1.85. The Kier molecular flexibility index (Phi) is 2.65. The van der Waals surface area contributed by atoms with Crippen LogP contribution in [0.25, 0.3) is 11.2 Å². The van der Waals surface area contributed by atoms with Gasteiger partial charge < -0.3 is 4.57 Å². The summed E-state index contributed by atoms with van der Waals surface area (Å²) in [6.07, 6.45) is 1.56. The highest BCUT2D eigenvalue weighted by atomic mass is 16.2. The van der Waals surface area contributed by atoms with E-state index < -0.39 is 0 Å². The zero-order valence-electron chi connectivity index (χ0n) is 10.5. The lowest BCUT2D eigenvalue weighted by atomic mass is 10.2. The Labute approximate surface area is 98.1 Å². The van der Waals surface area contributed by atoms with Crippen LogP contribution < -0.4 is 11.2 Å². The molecule has 0 aliphatic heterocycles.